The summed E-state index contributed by atoms with van der Waals surface area (Å²) in [5.74, 6) is 0.104. The molecule has 1 aromatic carbocycles. The third-order valence-electron chi connectivity index (χ3n) is 3.37. The van der Waals surface area contributed by atoms with E-state index in [1.165, 1.54) is 5.56 Å². The summed E-state index contributed by atoms with van der Waals surface area (Å²) in [6.45, 7) is 4.11. The van der Waals surface area contributed by atoms with E-state index in [1.54, 1.807) is 0 Å². The van der Waals surface area contributed by atoms with Crippen LogP contribution in [0.5, 0.6) is 0 Å². The van der Waals surface area contributed by atoms with E-state index in [0.29, 0.717) is 11.8 Å². The minimum atomic E-state index is -0.903. The van der Waals surface area contributed by atoms with Gasteiger partial charge in [0.25, 0.3) is 0 Å². The molecule has 0 radical (unpaired) electrons. The fraction of sp³-hybridized carbons (Fsp3) is 0.533. The minimum Gasteiger partial charge on any atom is -0.480 e. The van der Waals surface area contributed by atoms with Crippen molar-refractivity contribution in [3.63, 3.8) is 0 Å². The van der Waals surface area contributed by atoms with Gasteiger partial charge in [-0.3, -0.25) is 0 Å². The lowest BCUT2D eigenvalue weighted by Crippen LogP contribution is -2.13. The molecule has 1 fully saturated rings. The Kier molecular flexibility index (Phi) is 4.02. The molecule has 1 aliphatic carbocycles. The molecule has 0 amide bonds. The molecule has 1 saturated carbocycles. The molecular formula is C15H20O3. The molecule has 0 aliphatic heterocycles. The number of hydrogen-bond acceptors (Lipinski definition) is 2. The molecular weight excluding hydrogens is 228 g/mol. The lowest BCUT2D eigenvalue weighted by molar-refractivity contribution is -0.145. The van der Waals surface area contributed by atoms with Crippen molar-refractivity contribution in [1.29, 1.82) is 0 Å². The Bertz CT molecular complexity index is 404. The molecule has 0 heterocycles. The fourth-order valence-electron chi connectivity index (χ4n) is 2.14. The Morgan fingerprint density at radius 2 is 1.83 bits per heavy atom. The van der Waals surface area contributed by atoms with E-state index >= 15 is 0 Å². The second-order valence-electron chi connectivity index (χ2n) is 5.28. The topological polar surface area (TPSA) is 46.5 Å². The molecule has 1 unspecified atom stereocenters. The van der Waals surface area contributed by atoms with Crippen molar-refractivity contribution in [2.45, 2.75) is 38.7 Å². The van der Waals surface area contributed by atoms with E-state index in [2.05, 4.69) is 38.1 Å². The number of hydrogen-bond donors (Lipinski definition) is 1. The smallest absolute Gasteiger partial charge is 0.329 e. The first-order valence-corrected chi connectivity index (χ1v) is 6.51. The number of rotatable bonds is 6. The molecule has 1 N–H and O–H groups in total. The second-order valence-corrected chi connectivity index (χ2v) is 5.28. The molecule has 0 aromatic heterocycles. The summed E-state index contributed by atoms with van der Waals surface area (Å²) in [6, 6.07) is 8.36. The third kappa shape index (κ3) is 3.33. The van der Waals surface area contributed by atoms with Crippen LogP contribution in [0.1, 0.15) is 49.8 Å². The van der Waals surface area contributed by atoms with E-state index in [-0.39, 0.29) is 12.7 Å². The number of carboxylic acids is 1. The normalized spacial score (nSPS) is 16.8. The van der Waals surface area contributed by atoms with Crippen LogP contribution in [0, 0.1) is 5.92 Å². The maximum atomic E-state index is 10.6. The average molecular weight is 248 g/mol. The molecule has 18 heavy (non-hydrogen) atoms. The van der Waals surface area contributed by atoms with E-state index in [0.717, 1.165) is 18.4 Å². The summed E-state index contributed by atoms with van der Waals surface area (Å²) in [7, 11) is 0. The van der Waals surface area contributed by atoms with Gasteiger partial charge in [0, 0.05) is 0 Å². The first-order chi connectivity index (χ1) is 8.58. The summed E-state index contributed by atoms with van der Waals surface area (Å²) in [5.41, 5.74) is 2.40. The van der Waals surface area contributed by atoms with Crippen molar-refractivity contribution in [3.8, 4) is 0 Å². The summed E-state index contributed by atoms with van der Waals surface area (Å²) in [6.07, 6.45) is 2.22. The maximum Gasteiger partial charge on any atom is 0.329 e. The van der Waals surface area contributed by atoms with Crippen LogP contribution in [0.15, 0.2) is 24.3 Å². The van der Waals surface area contributed by atoms with E-state index < -0.39 is 5.97 Å². The summed E-state index contributed by atoms with van der Waals surface area (Å²) in [4.78, 5) is 10.6. The Morgan fingerprint density at radius 3 is 2.28 bits per heavy atom. The molecule has 3 nitrogen and oxygen atoms in total. The number of aliphatic carboxylic acids is 1. The zero-order valence-electron chi connectivity index (χ0n) is 10.9. The van der Waals surface area contributed by atoms with Crippen molar-refractivity contribution in [2.75, 3.05) is 6.61 Å². The standard InChI is InChI=1S/C15H20O3/c1-10(2)11-3-5-12(6-4-11)15(13-7-8-13)18-9-14(16)17/h3-6,10,13,15H,7-9H2,1-2H3,(H,16,17). The van der Waals surface area contributed by atoms with E-state index in [4.69, 9.17) is 9.84 Å². The molecule has 1 aromatic rings. The van der Waals surface area contributed by atoms with Crippen molar-refractivity contribution >= 4 is 5.97 Å². The third-order valence-corrected chi connectivity index (χ3v) is 3.37. The predicted octanol–water partition coefficient (Wildman–Crippen LogP) is 3.36. The van der Waals surface area contributed by atoms with Gasteiger partial charge in [-0.05, 0) is 35.8 Å². The van der Waals surface area contributed by atoms with Crippen molar-refractivity contribution in [2.24, 2.45) is 5.92 Å². The lowest BCUT2D eigenvalue weighted by atomic mass is 9.98. The van der Waals surface area contributed by atoms with Crippen LogP contribution in [0.4, 0.5) is 0 Å². The van der Waals surface area contributed by atoms with Crippen LogP contribution < -0.4 is 0 Å². The fourth-order valence-corrected chi connectivity index (χ4v) is 2.14. The van der Waals surface area contributed by atoms with Crippen LogP contribution in [0.25, 0.3) is 0 Å². The highest BCUT2D eigenvalue weighted by Gasteiger charge is 2.33. The molecule has 1 aliphatic rings. The molecule has 0 bridgehead atoms. The highest BCUT2D eigenvalue weighted by Crippen LogP contribution is 2.43. The highest BCUT2D eigenvalue weighted by atomic mass is 16.5. The van der Waals surface area contributed by atoms with Crippen LogP contribution in [0.3, 0.4) is 0 Å². The summed E-state index contributed by atoms with van der Waals surface area (Å²) in [5, 5.41) is 8.70. The number of ether oxygens (including phenoxy) is 1. The van der Waals surface area contributed by atoms with Gasteiger partial charge in [-0.25, -0.2) is 4.79 Å². The zero-order valence-corrected chi connectivity index (χ0v) is 10.9. The minimum absolute atomic E-state index is 0.0534. The second kappa shape index (κ2) is 5.53. The quantitative estimate of drug-likeness (QED) is 0.839. The monoisotopic (exact) mass is 248 g/mol. The van der Waals surface area contributed by atoms with Gasteiger partial charge in [-0.2, -0.15) is 0 Å². The van der Waals surface area contributed by atoms with Gasteiger partial charge < -0.3 is 9.84 Å². The lowest BCUT2D eigenvalue weighted by Gasteiger charge is -2.17. The molecule has 1 atom stereocenters. The first-order valence-electron chi connectivity index (χ1n) is 6.51. The van der Waals surface area contributed by atoms with Gasteiger partial charge >= 0.3 is 5.97 Å². The Morgan fingerprint density at radius 1 is 1.28 bits per heavy atom. The predicted molar refractivity (Wildman–Crippen MR) is 69.6 cm³/mol. The number of carboxylic acid groups (broad SMARTS) is 1. The Labute approximate surface area is 108 Å². The summed E-state index contributed by atoms with van der Waals surface area (Å²) >= 11 is 0. The van der Waals surface area contributed by atoms with Crippen molar-refractivity contribution in [3.05, 3.63) is 35.4 Å². The van der Waals surface area contributed by atoms with Gasteiger partial charge in [0.05, 0.1) is 6.10 Å². The molecule has 3 heteroatoms. The van der Waals surface area contributed by atoms with Gasteiger partial charge in [-0.1, -0.05) is 38.1 Å². The zero-order chi connectivity index (χ0) is 13.1. The SMILES string of the molecule is CC(C)c1ccc(C(OCC(=O)O)C2CC2)cc1. The van der Waals surface area contributed by atoms with E-state index in [9.17, 15) is 4.79 Å². The average Bonchev–Trinajstić information content (AvgIpc) is 3.14. The van der Waals surface area contributed by atoms with Gasteiger partial charge in [-0.15, -0.1) is 0 Å². The highest BCUT2D eigenvalue weighted by molar-refractivity contribution is 5.68. The van der Waals surface area contributed by atoms with E-state index in [1.807, 2.05) is 0 Å². The van der Waals surface area contributed by atoms with Crippen molar-refractivity contribution < 1.29 is 14.6 Å². The molecule has 0 spiro atoms. The van der Waals surface area contributed by atoms with Crippen LogP contribution in [0.2, 0.25) is 0 Å². The Hall–Kier alpha value is -1.35. The molecule has 98 valence electrons. The number of benzene rings is 1. The van der Waals surface area contributed by atoms with Crippen molar-refractivity contribution in [1.82, 2.24) is 0 Å². The maximum absolute atomic E-state index is 10.6. The summed E-state index contributed by atoms with van der Waals surface area (Å²) < 4.78 is 5.51. The first kappa shape index (κ1) is 13.1. The van der Waals surface area contributed by atoms with Crippen LogP contribution in [-0.4, -0.2) is 17.7 Å². The van der Waals surface area contributed by atoms with Crippen LogP contribution in [-0.2, 0) is 9.53 Å². The Balaban J connectivity index is 2.07. The van der Waals surface area contributed by atoms with Gasteiger partial charge in [0.15, 0.2) is 0 Å². The van der Waals surface area contributed by atoms with Crippen LogP contribution >= 0.6 is 0 Å². The molecule has 2 rings (SSSR count). The number of carbonyl (C=O) groups is 1. The van der Waals surface area contributed by atoms with Gasteiger partial charge in [0.1, 0.15) is 6.61 Å². The molecule has 0 saturated heterocycles. The van der Waals surface area contributed by atoms with Gasteiger partial charge in [0.2, 0.25) is 0 Å². The largest absolute Gasteiger partial charge is 0.480 e.